The molecule has 0 atom stereocenters. The highest BCUT2D eigenvalue weighted by molar-refractivity contribution is 5.98. The second-order valence-electron chi connectivity index (χ2n) is 18.4. The van der Waals surface area contributed by atoms with Gasteiger partial charge in [0.05, 0.1) is 28.0 Å². The summed E-state index contributed by atoms with van der Waals surface area (Å²) in [5.41, 5.74) is -3.01. The van der Waals surface area contributed by atoms with Crippen LogP contribution < -0.4 is 0 Å². The summed E-state index contributed by atoms with van der Waals surface area (Å²) >= 11 is 0. The Morgan fingerprint density at radius 1 is 0.522 bits per heavy atom. The van der Waals surface area contributed by atoms with Crippen LogP contribution in [0.4, 0.5) is 0 Å². The summed E-state index contributed by atoms with van der Waals surface area (Å²) in [6, 6.07) is 47.7. The van der Waals surface area contributed by atoms with Crippen LogP contribution in [0.25, 0.3) is 83.9 Å². The molecule has 336 valence electrons. The fraction of sp³-hybridized carbons (Fsp3) is 0.238. The molecule has 0 amide bonds. The van der Waals surface area contributed by atoms with Crippen LogP contribution in [0.5, 0.6) is 5.75 Å². The largest absolute Gasteiger partial charge is 0.507 e. The standard InChI is InChI=1S/C63H63N3O/c1-40(2)41-25-27-43(28-26-41)45-31-32-64-55(36-45)48-34-46(42-19-14-12-15-20-42)33-47(35-48)51-23-18-24-57-58(51)65-60(53-38-50(62(6,7)8)39-54(59(53)67)63(9,10)11)66(57)56-30-29-49(61(3,4)5)37-52(56)44-21-16-13-17-22-44/h12-40,67H,1-11H3/i6D3,7D3,8D3,9D3,10D3,11D3,40D. The van der Waals surface area contributed by atoms with Crippen LogP contribution >= 0.6 is 0 Å². The molecular formula is C63H63N3O. The molecule has 9 rings (SSSR count). The minimum Gasteiger partial charge on any atom is -0.507 e. The van der Waals surface area contributed by atoms with E-state index in [9.17, 15) is 5.11 Å². The number of hydrogen-bond acceptors (Lipinski definition) is 3. The van der Waals surface area contributed by atoms with Crippen LogP contribution in [0, 0.1) is 0 Å². The lowest BCUT2D eigenvalue weighted by molar-refractivity contribution is 0.446. The third-order valence-electron chi connectivity index (χ3n) is 12.3. The molecule has 0 radical (unpaired) electrons. The lowest BCUT2D eigenvalue weighted by Gasteiger charge is -2.28. The Morgan fingerprint density at radius 2 is 1.16 bits per heavy atom. The molecule has 9 aromatic rings. The number of rotatable bonds is 8. The van der Waals surface area contributed by atoms with E-state index < -0.39 is 91.5 Å². The summed E-state index contributed by atoms with van der Waals surface area (Å²) in [5, 5.41) is 13.1. The van der Waals surface area contributed by atoms with Crippen molar-refractivity contribution in [3.8, 4) is 78.6 Å². The van der Waals surface area contributed by atoms with Gasteiger partial charge in [-0.25, -0.2) is 4.98 Å². The van der Waals surface area contributed by atoms with Gasteiger partial charge in [-0.15, -0.1) is 0 Å². The zero-order valence-corrected chi connectivity index (χ0v) is 38.0. The molecule has 0 saturated carbocycles. The molecule has 67 heavy (non-hydrogen) atoms. The van der Waals surface area contributed by atoms with E-state index in [-0.39, 0.29) is 11.0 Å². The number of para-hydroxylation sites is 1. The molecule has 0 bridgehead atoms. The van der Waals surface area contributed by atoms with Crippen molar-refractivity contribution in [1.29, 1.82) is 0 Å². The second kappa shape index (κ2) is 17.3. The number of phenolic OH excluding ortho intramolecular Hbond substituents is 1. The summed E-state index contributed by atoms with van der Waals surface area (Å²) in [6.45, 7) is -15.0. The molecule has 0 fully saturated rings. The van der Waals surface area contributed by atoms with Crippen molar-refractivity contribution in [3.05, 3.63) is 192 Å². The topological polar surface area (TPSA) is 50.9 Å². The first-order chi connectivity index (χ1) is 39.6. The van der Waals surface area contributed by atoms with Gasteiger partial charge in [-0.3, -0.25) is 9.55 Å². The average molecular weight is 897 g/mol. The zero-order chi connectivity index (χ0) is 63.3. The fourth-order valence-corrected chi connectivity index (χ4v) is 8.60. The van der Waals surface area contributed by atoms with E-state index in [2.05, 4.69) is 0 Å². The highest BCUT2D eigenvalue weighted by Gasteiger charge is 2.30. The zero-order valence-electron chi connectivity index (χ0n) is 57.0. The Balaban J connectivity index is 1.48. The van der Waals surface area contributed by atoms with E-state index in [1.165, 1.54) is 4.57 Å². The number of imidazole rings is 1. The maximum absolute atomic E-state index is 13.1. The highest BCUT2D eigenvalue weighted by atomic mass is 16.3. The van der Waals surface area contributed by atoms with Gasteiger partial charge in [-0.1, -0.05) is 185 Å². The average Bonchev–Trinajstić information content (AvgIpc) is 0.774. The molecule has 0 aliphatic rings. The van der Waals surface area contributed by atoms with Crippen molar-refractivity contribution in [1.82, 2.24) is 14.5 Å². The first-order valence-corrected chi connectivity index (χ1v) is 22.0. The summed E-state index contributed by atoms with van der Waals surface area (Å²) < 4.78 is 169. The van der Waals surface area contributed by atoms with E-state index in [1.54, 1.807) is 30.5 Å². The smallest absolute Gasteiger partial charge is 0.149 e. The molecule has 0 aliphatic carbocycles. The monoisotopic (exact) mass is 897 g/mol. The van der Waals surface area contributed by atoms with Crippen LogP contribution in [-0.4, -0.2) is 19.6 Å². The number of benzene rings is 7. The van der Waals surface area contributed by atoms with Gasteiger partial charge in [0.25, 0.3) is 0 Å². The van der Waals surface area contributed by atoms with E-state index in [0.29, 0.717) is 45.3 Å². The van der Waals surface area contributed by atoms with Crippen LogP contribution in [0.2, 0.25) is 0 Å². The Bertz CT molecular complexity index is 3920. The number of aromatic nitrogens is 3. The van der Waals surface area contributed by atoms with Gasteiger partial charge < -0.3 is 5.11 Å². The maximum atomic E-state index is 13.1. The van der Waals surface area contributed by atoms with Gasteiger partial charge in [0.15, 0.2) is 0 Å². The lowest BCUT2D eigenvalue weighted by atomic mass is 9.79. The van der Waals surface area contributed by atoms with Crippen LogP contribution in [-0.2, 0) is 16.2 Å². The molecule has 2 aromatic heterocycles. The molecule has 1 N–H and O–H groups in total. The molecule has 7 aromatic carbocycles. The third-order valence-corrected chi connectivity index (χ3v) is 12.3. The van der Waals surface area contributed by atoms with Gasteiger partial charge in [-0.05, 0) is 127 Å². The molecule has 0 aliphatic heterocycles. The fourth-order valence-electron chi connectivity index (χ4n) is 8.60. The minimum absolute atomic E-state index is 0.158. The van der Waals surface area contributed by atoms with Crippen molar-refractivity contribution < 1.29 is 31.2 Å². The predicted octanol–water partition coefficient (Wildman–Crippen LogP) is 17.1. The Labute approximate surface area is 424 Å². The second-order valence-corrected chi connectivity index (χ2v) is 18.4. The molecule has 2 heterocycles. The number of fused-ring (bicyclic) bond motifs is 1. The van der Waals surface area contributed by atoms with E-state index in [4.69, 9.17) is 36.0 Å². The SMILES string of the molecule is [2H]C(C)(C)c1ccc(-c2ccnc(-c3cc(-c4ccccc4)cc(-c4cccc5c4nc(-c4cc(C(C([2H])([2H])[2H])(C([2H])([2H])[2H])C([2H])([2H])[2H])cc(C(C([2H])([2H])[2H])(C([2H])([2H])[2H])C([2H])([2H])[2H])c4O)n5-c4ccc(C(C)(C)C)cc4-c4ccccc4)c3)c2)cc1. The van der Waals surface area contributed by atoms with E-state index in [1.807, 2.05) is 162 Å². The van der Waals surface area contributed by atoms with E-state index >= 15 is 0 Å². The minimum atomic E-state index is -4.15. The predicted molar refractivity (Wildman–Crippen MR) is 283 cm³/mol. The maximum Gasteiger partial charge on any atom is 0.149 e. The van der Waals surface area contributed by atoms with Gasteiger partial charge in [0.2, 0.25) is 0 Å². The highest BCUT2D eigenvalue weighted by Crippen LogP contribution is 2.46. The summed E-state index contributed by atoms with van der Waals surface area (Å²) in [7, 11) is 0. The molecule has 0 saturated heterocycles. The first kappa shape index (κ1) is 27.6. The Hall–Kier alpha value is -7.04. The summed E-state index contributed by atoms with van der Waals surface area (Å²) in [6.07, 6.45) is 1.69. The molecule has 4 nitrogen and oxygen atoms in total. The quantitative estimate of drug-likeness (QED) is 0.165. The number of nitrogens with zero attached hydrogens (tertiary/aromatic N) is 3. The molecule has 0 spiro atoms. The number of hydrogen-bond donors (Lipinski definition) is 1. The third kappa shape index (κ3) is 8.98. The van der Waals surface area contributed by atoms with Gasteiger partial charge in [-0.2, -0.15) is 0 Å². The summed E-state index contributed by atoms with van der Waals surface area (Å²) in [5.74, 6) is -2.61. The normalized spacial score (nSPS) is 17.8. The van der Waals surface area contributed by atoms with Crippen molar-refractivity contribution in [2.75, 3.05) is 0 Å². The number of pyridine rings is 1. The number of phenols is 1. The van der Waals surface area contributed by atoms with Crippen LogP contribution in [0.1, 0.15) is 130 Å². The molecular weight excluding hydrogens is 815 g/mol. The van der Waals surface area contributed by atoms with Crippen molar-refractivity contribution in [2.24, 2.45) is 0 Å². The Kier molecular flexibility index (Phi) is 7.12. The number of aromatic hydroxyl groups is 1. The van der Waals surface area contributed by atoms with Crippen LogP contribution in [0.3, 0.4) is 0 Å². The Morgan fingerprint density at radius 3 is 1.84 bits per heavy atom. The van der Waals surface area contributed by atoms with Crippen molar-refractivity contribution >= 4 is 11.0 Å². The van der Waals surface area contributed by atoms with Crippen molar-refractivity contribution in [3.63, 3.8) is 0 Å². The molecule has 4 heteroatoms. The summed E-state index contributed by atoms with van der Waals surface area (Å²) in [4.78, 5) is 10.1. The van der Waals surface area contributed by atoms with Gasteiger partial charge >= 0.3 is 0 Å². The molecule has 0 unspecified atom stereocenters. The first-order valence-electron chi connectivity index (χ1n) is 31.5. The lowest BCUT2D eigenvalue weighted by Crippen LogP contribution is -2.17. The van der Waals surface area contributed by atoms with Gasteiger partial charge in [0.1, 0.15) is 11.6 Å². The van der Waals surface area contributed by atoms with E-state index in [0.717, 1.165) is 39.4 Å². The van der Waals surface area contributed by atoms with Gasteiger partial charge in [0, 0.05) is 54.5 Å². The van der Waals surface area contributed by atoms with Crippen LogP contribution in [0.15, 0.2) is 170 Å². The van der Waals surface area contributed by atoms with Crippen molar-refractivity contribution in [2.45, 2.75) is 97.9 Å².